The first-order chi connectivity index (χ1) is 12.5. The molecule has 2 saturated carbocycles. The maximum atomic E-state index is 14.7. The zero-order valence-electron chi connectivity index (χ0n) is 14.4. The second-order valence-electron chi connectivity index (χ2n) is 7.41. The molecule has 0 radical (unpaired) electrons. The summed E-state index contributed by atoms with van der Waals surface area (Å²) in [5, 5.41) is 11.6. The molecule has 26 heavy (non-hydrogen) atoms. The van der Waals surface area contributed by atoms with Crippen LogP contribution in [0.4, 0.5) is 14.9 Å². The number of rotatable bonds is 4. The highest BCUT2D eigenvalue weighted by Crippen LogP contribution is 2.62. The van der Waals surface area contributed by atoms with E-state index in [1.165, 1.54) is 17.9 Å². The minimum absolute atomic E-state index is 0.154. The van der Waals surface area contributed by atoms with Crippen LogP contribution in [0.1, 0.15) is 31.2 Å². The third-order valence-corrected chi connectivity index (χ3v) is 5.78. The van der Waals surface area contributed by atoms with Crippen molar-refractivity contribution in [2.75, 3.05) is 18.0 Å². The third-order valence-electron chi connectivity index (χ3n) is 5.78. The Balaban J connectivity index is 1.43. The van der Waals surface area contributed by atoms with Crippen LogP contribution in [0.2, 0.25) is 0 Å². The average molecular weight is 357 g/mol. The van der Waals surface area contributed by atoms with Gasteiger partial charge in [0.05, 0.1) is 30.8 Å². The Hall–Kier alpha value is -2.62. The normalized spacial score (nSPS) is 32.0. The summed E-state index contributed by atoms with van der Waals surface area (Å²) in [5.74, 6) is 0.651. The summed E-state index contributed by atoms with van der Waals surface area (Å²) in [6.07, 6.45) is 0.749. The first-order valence-electron chi connectivity index (χ1n) is 8.89. The number of fused-ring (bicyclic) bond motifs is 1. The second-order valence-corrected chi connectivity index (χ2v) is 7.41. The molecule has 2 unspecified atom stereocenters. The molecule has 1 N–H and O–H groups in total. The number of nitrogens with zero attached hydrogens (tertiary/aromatic N) is 2. The molecule has 0 spiro atoms. The van der Waals surface area contributed by atoms with Crippen molar-refractivity contribution in [3.8, 4) is 6.07 Å². The number of nitrogens with one attached hydrogen (secondary N) is 1. The first kappa shape index (κ1) is 16.8. The van der Waals surface area contributed by atoms with E-state index >= 15 is 0 Å². The van der Waals surface area contributed by atoms with Gasteiger partial charge in [-0.2, -0.15) is 5.26 Å². The van der Waals surface area contributed by atoms with E-state index in [2.05, 4.69) is 11.4 Å². The molecule has 1 aliphatic heterocycles. The van der Waals surface area contributed by atoms with E-state index in [4.69, 9.17) is 10.00 Å². The van der Waals surface area contributed by atoms with E-state index in [0.29, 0.717) is 23.1 Å². The molecule has 1 aromatic carbocycles. The van der Waals surface area contributed by atoms with Gasteiger partial charge in [-0.1, -0.05) is 6.07 Å². The fourth-order valence-electron chi connectivity index (χ4n) is 4.40. The fraction of sp³-hybridized carbons (Fsp3) is 0.526. The minimum atomic E-state index is -0.536. The molecule has 4 rings (SSSR count). The molecule has 0 aromatic heterocycles. The van der Waals surface area contributed by atoms with Crippen LogP contribution >= 0.6 is 0 Å². The lowest BCUT2D eigenvalue weighted by Gasteiger charge is -2.18. The Morgan fingerprint density at radius 1 is 1.42 bits per heavy atom. The Morgan fingerprint density at radius 3 is 2.77 bits per heavy atom. The van der Waals surface area contributed by atoms with E-state index in [1.807, 2.05) is 0 Å². The van der Waals surface area contributed by atoms with Gasteiger partial charge in [0.1, 0.15) is 11.9 Å². The highest BCUT2D eigenvalue weighted by molar-refractivity contribution is 5.89. The fourth-order valence-corrected chi connectivity index (χ4v) is 4.40. The molecule has 7 heteroatoms. The largest absolute Gasteiger partial charge is 0.442 e. The molecule has 3 aliphatic rings. The average Bonchev–Trinajstić information content (AvgIpc) is 2.93. The summed E-state index contributed by atoms with van der Waals surface area (Å²) in [5.41, 5.74) is 1.12. The molecule has 2 amide bonds. The van der Waals surface area contributed by atoms with Crippen LogP contribution in [-0.4, -0.2) is 31.2 Å². The summed E-state index contributed by atoms with van der Waals surface area (Å²) in [6, 6.07) is 7.19. The Kier molecular flexibility index (Phi) is 4.06. The summed E-state index contributed by atoms with van der Waals surface area (Å²) in [4.78, 5) is 24.4. The number of cyclic esters (lactones) is 1. The SMILES string of the molecule is CC(=O)NC[C@H]1CN(c2ccc(C3CC4C(C#N)C4C3)c(F)c2)C(=O)O1. The molecule has 2 aliphatic carbocycles. The van der Waals surface area contributed by atoms with Crippen LogP contribution < -0.4 is 10.2 Å². The van der Waals surface area contributed by atoms with Gasteiger partial charge in [-0.05, 0) is 48.3 Å². The summed E-state index contributed by atoms with van der Waals surface area (Å²) < 4.78 is 19.9. The number of halogens is 1. The predicted molar refractivity (Wildman–Crippen MR) is 90.8 cm³/mol. The Morgan fingerprint density at radius 2 is 2.15 bits per heavy atom. The van der Waals surface area contributed by atoms with Crippen molar-refractivity contribution in [2.24, 2.45) is 17.8 Å². The summed E-state index contributed by atoms with van der Waals surface area (Å²) >= 11 is 0. The minimum Gasteiger partial charge on any atom is -0.442 e. The van der Waals surface area contributed by atoms with Crippen molar-refractivity contribution < 1.29 is 18.7 Å². The van der Waals surface area contributed by atoms with E-state index in [-0.39, 0.29) is 36.6 Å². The lowest BCUT2D eigenvalue weighted by molar-refractivity contribution is -0.119. The topological polar surface area (TPSA) is 82.4 Å². The van der Waals surface area contributed by atoms with Crippen LogP contribution in [0.25, 0.3) is 0 Å². The highest BCUT2D eigenvalue weighted by atomic mass is 19.1. The molecule has 3 atom stereocenters. The zero-order valence-corrected chi connectivity index (χ0v) is 14.4. The van der Waals surface area contributed by atoms with E-state index in [9.17, 15) is 14.0 Å². The van der Waals surface area contributed by atoms with E-state index in [0.717, 1.165) is 12.8 Å². The van der Waals surface area contributed by atoms with Gasteiger partial charge in [-0.3, -0.25) is 9.69 Å². The standard InChI is InChI=1S/C19H20FN3O3/c1-10(24)22-8-13-9-23(19(25)26-13)12-2-3-14(18(20)6-12)11-4-15-16(5-11)17(15)7-21/h2-3,6,11,13,15-17H,4-5,8-9H2,1H3,(H,22,24)/t11?,13-,15?,16?,17?/m0/s1. The number of benzene rings is 1. The van der Waals surface area contributed by atoms with Crippen molar-refractivity contribution in [1.82, 2.24) is 5.32 Å². The molecule has 1 heterocycles. The monoisotopic (exact) mass is 357 g/mol. The van der Waals surface area contributed by atoms with Gasteiger partial charge >= 0.3 is 6.09 Å². The number of carbonyl (C=O) groups excluding carboxylic acids is 2. The molecule has 0 bridgehead atoms. The molecular formula is C19H20FN3O3. The number of ether oxygens (including phenoxy) is 1. The molecule has 1 aromatic rings. The maximum absolute atomic E-state index is 14.7. The molecule has 136 valence electrons. The molecular weight excluding hydrogens is 337 g/mol. The number of amides is 2. The first-order valence-corrected chi connectivity index (χ1v) is 8.89. The summed E-state index contributed by atoms with van der Waals surface area (Å²) in [7, 11) is 0. The van der Waals surface area contributed by atoms with Crippen molar-refractivity contribution in [3.63, 3.8) is 0 Å². The van der Waals surface area contributed by atoms with Gasteiger partial charge < -0.3 is 10.1 Å². The van der Waals surface area contributed by atoms with Crippen molar-refractivity contribution in [2.45, 2.75) is 31.8 Å². The number of hydrogen-bond donors (Lipinski definition) is 1. The smallest absolute Gasteiger partial charge is 0.414 e. The van der Waals surface area contributed by atoms with Gasteiger partial charge in [0.2, 0.25) is 5.91 Å². The van der Waals surface area contributed by atoms with Crippen LogP contribution in [0, 0.1) is 34.9 Å². The number of anilines is 1. The molecule has 3 fully saturated rings. The van der Waals surface area contributed by atoms with Crippen LogP contribution in [0.15, 0.2) is 18.2 Å². The van der Waals surface area contributed by atoms with Gasteiger partial charge in [0.15, 0.2) is 0 Å². The maximum Gasteiger partial charge on any atom is 0.414 e. The number of carbonyl (C=O) groups is 2. The van der Waals surface area contributed by atoms with Crippen LogP contribution in [-0.2, 0) is 9.53 Å². The van der Waals surface area contributed by atoms with Gasteiger partial charge in [0, 0.05) is 6.92 Å². The lowest BCUT2D eigenvalue weighted by atomic mass is 9.92. The number of nitriles is 1. The van der Waals surface area contributed by atoms with Gasteiger partial charge in [-0.15, -0.1) is 0 Å². The molecule has 6 nitrogen and oxygen atoms in total. The summed E-state index contributed by atoms with van der Waals surface area (Å²) in [6.45, 7) is 1.91. The Labute approximate surface area is 150 Å². The van der Waals surface area contributed by atoms with Crippen molar-refractivity contribution >= 4 is 17.7 Å². The quantitative estimate of drug-likeness (QED) is 0.898. The van der Waals surface area contributed by atoms with Crippen molar-refractivity contribution in [3.05, 3.63) is 29.6 Å². The van der Waals surface area contributed by atoms with Crippen molar-refractivity contribution in [1.29, 1.82) is 5.26 Å². The van der Waals surface area contributed by atoms with Crippen LogP contribution in [0.5, 0.6) is 0 Å². The van der Waals surface area contributed by atoms with Gasteiger partial charge in [-0.25, -0.2) is 9.18 Å². The zero-order chi connectivity index (χ0) is 18.4. The van der Waals surface area contributed by atoms with E-state index in [1.54, 1.807) is 12.1 Å². The predicted octanol–water partition coefficient (Wildman–Crippen LogP) is 2.55. The molecule has 1 saturated heterocycles. The third kappa shape index (κ3) is 2.90. The van der Waals surface area contributed by atoms with Gasteiger partial charge in [0.25, 0.3) is 0 Å². The Bertz CT molecular complexity index is 794. The van der Waals surface area contributed by atoms with Crippen LogP contribution in [0.3, 0.4) is 0 Å². The number of hydrogen-bond acceptors (Lipinski definition) is 4. The lowest BCUT2D eigenvalue weighted by Crippen LogP contribution is -2.33. The van der Waals surface area contributed by atoms with E-state index < -0.39 is 12.2 Å². The second kappa shape index (κ2) is 6.27. The highest BCUT2D eigenvalue weighted by Gasteiger charge is 2.56.